The number of allylic oxidation sites excluding steroid dienone is 5. The summed E-state index contributed by atoms with van der Waals surface area (Å²) in [4.78, 5) is 13.7. The molecule has 0 unspecified atom stereocenters. The van der Waals surface area contributed by atoms with Gasteiger partial charge >= 0.3 is 0 Å². The number of benzene rings is 5. The lowest BCUT2D eigenvalue weighted by atomic mass is 9.70. The normalized spacial score (nSPS) is 15.0. The Balaban J connectivity index is 1.43. The summed E-state index contributed by atoms with van der Waals surface area (Å²) in [6, 6.07) is 39.5. The third-order valence-electron chi connectivity index (χ3n) is 9.73. The van der Waals surface area contributed by atoms with Crippen LogP contribution in [-0.2, 0) is 23.7 Å². The molecule has 1 aliphatic heterocycles. The van der Waals surface area contributed by atoms with Crippen molar-refractivity contribution in [3.63, 3.8) is 0 Å². The van der Waals surface area contributed by atoms with Gasteiger partial charge in [0.05, 0.1) is 4.92 Å². The first-order valence-corrected chi connectivity index (χ1v) is 15.8. The molecule has 0 radical (unpaired) electrons. The van der Waals surface area contributed by atoms with E-state index in [4.69, 9.17) is 0 Å². The summed E-state index contributed by atoms with van der Waals surface area (Å²) in [5.74, 6) is 0. The second-order valence-corrected chi connectivity index (χ2v) is 13.0. The Bertz CT molecular complexity index is 1950. The summed E-state index contributed by atoms with van der Waals surface area (Å²) in [6.07, 6.45) is 8.23. The molecule has 0 saturated carbocycles. The van der Waals surface area contributed by atoms with Gasteiger partial charge < -0.3 is 4.90 Å². The summed E-state index contributed by atoms with van der Waals surface area (Å²) >= 11 is 0. The number of rotatable bonds is 9. The maximum atomic E-state index is 11.6. The van der Waals surface area contributed by atoms with Gasteiger partial charge in [-0.25, -0.2) is 0 Å². The highest BCUT2D eigenvalue weighted by Gasteiger charge is 2.45. The number of hydrogen-bond acceptors (Lipinski definition) is 3. The minimum absolute atomic E-state index is 0.0954. The van der Waals surface area contributed by atoms with Gasteiger partial charge in [0, 0.05) is 41.4 Å². The Labute approximate surface area is 272 Å². The van der Waals surface area contributed by atoms with E-state index >= 15 is 0 Å². The zero-order valence-corrected chi connectivity index (χ0v) is 27.0. The molecule has 0 aliphatic carbocycles. The number of aryl methyl sites for hydroxylation is 1. The van der Waals surface area contributed by atoms with Gasteiger partial charge in [0.1, 0.15) is 0 Å². The largest absolute Gasteiger partial charge is 0.347 e. The highest BCUT2D eigenvalue weighted by atomic mass is 16.6. The molecule has 0 atom stereocenters. The van der Waals surface area contributed by atoms with Crippen molar-refractivity contribution >= 4 is 22.1 Å². The number of para-hydroxylation sites is 1. The molecule has 0 aromatic heterocycles. The van der Waals surface area contributed by atoms with Crippen molar-refractivity contribution in [2.45, 2.75) is 44.4 Å². The van der Waals surface area contributed by atoms with Crippen LogP contribution in [0.4, 0.5) is 11.4 Å². The summed E-state index contributed by atoms with van der Waals surface area (Å²) in [5.41, 5.74) is 8.81. The van der Waals surface area contributed by atoms with Crippen molar-refractivity contribution in [1.82, 2.24) is 0 Å². The van der Waals surface area contributed by atoms with Crippen molar-refractivity contribution < 1.29 is 4.92 Å². The number of nitro benzene ring substituents is 1. The van der Waals surface area contributed by atoms with Crippen molar-refractivity contribution in [2.75, 3.05) is 11.9 Å². The van der Waals surface area contributed by atoms with Crippen LogP contribution in [0, 0.1) is 17.0 Å². The van der Waals surface area contributed by atoms with Gasteiger partial charge in [-0.2, -0.15) is 0 Å². The molecule has 4 heteroatoms. The fourth-order valence-electron chi connectivity index (χ4n) is 7.34. The van der Waals surface area contributed by atoms with Crippen molar-refractivity contribution in [1.29, 1.82) is 0 Å². The number of fused-ring (bicyclic) bond motifs is 2. The zero-order chi connectivity index (χ0) is 32.5. The molecule has 0 saturated heterocycles. The average Bonchev–Trinajstić information content (AvgIpc) is 3.27. The number of hydrogen-bond donors (Lipinski definition) is 0. The monoisotopic (exact) mass is 604 g/mol. The Kier molecular flexibility index (Phi) is 8.22. The van der Waals surface area contributed by atoms with Gasteiger partial charge in [-0.05, 0) is 82.1 Å². The Hall–Kier alpha value is -5.22. The van der Waals surface area contributed by atoms with E-state index in [1.165, 1.54) is 28.1 Å². The van der Waals surface area contributed by atoms with Crippen LogP contribution in [0.5, 0.6) is 0 Å². The van der Waals surface area contributed by atoms with Crippen LogP contribution in [0.15, 0.2) is 151 Å². The van der Waals surface area contributed by atoms with Crippen LogP contribution in [0.3, 0.4) is 0 Å². The van der Waals surface area contributed by atoms with Crippen molar-refractivity contribution in [3.8, 4) is 0 Å². The summed E-state index contributed by atoms with van der Waals surface area (Å²) < 4.78 is 0. The van der Waals surface area contributed by atoms with Crippen LogP contribution < -0.4 is 4.90 Å². The van der Waals surface area contributed by atoms with Crippen molar-refractivity contribution in [3.05, 3.63) is 189 Å². The molecule has 0 fully saturated rings. The number of nitro groups is 1. The quantitative estimate of drug-likeness (QED) is 0.0955. The molecule has 1 aliphatic rings. The lowest BCUT2D eigenvalue weighted by molar-refractivity contribution is -0.384. The van der Waals surface area contributed by atoms with Crippen LogP contribution in [0.1, 0.15) is 41.7 Å². The Morgan fingerprint density at radius 3 is 2.09 bits per heavy atom. The topological polar surface area (TPSA) is 46.4 Å². The summed E-state index contributed by atoms with van der Waals surface area (Å²) in [7, 11) is 2.17. The lowest BCUT2D eigenvalue weighted by Gasteiger charge is -2.34. The van der Waals surface area contributed by atoms with E-state index in [0.717, 1.165) is 40.3 Å². The molecule has 5 aromatic carbocycles. The van der Waals surface area contributed by atoms with Crippen LogP contribution in [0.2, 0.25) is 0 Å². The number of anilines is 1. The predicted molar refractivity (Wildman–Crippen MR) is 192 cm³/mol. The zero-order valence-electron chi connectivity index (χ0n) is 27.0. The second-order valence-electron chi connectivity index (χ2n) is 13.0. The number of nitrogens with zero attached hydrogens (tertiary/aromatic N) is 2. The molecule has 230 valence electrons. The van der Waals surface area contributed by atoms with E-state index in [1.807, 2.05) is 12.1 Å². The first kappa shape index (κ1) is 30.8. The van der Waals surface area contributed by atoms with Crippen LogP contribution >= 0.6 is 0 Å². The Morgan fingerprint density at radius 2 is 1.46 bits per heavy atom. The SMILES string of the molecule is C=C(/C=C/C=C1/N(C)c2ccccc2C1(Cc1ccccc1)Cc1ccccc1)C(C)(C)c1c(C)ccc2ccc([N+](=O)[O-])cc12. The molecule has 0 bridgehead atoms. The molecule has 0 N–H and O–H groups in total. The van der Waals surface area contributed by atoms with E-state index in [1.54, 1.807) is 12.1 Å². The average molecular weight is 605 g/mol. The van der Waals surface area contributed by atoms with E-state index in [-0.39, 0.29) is 16.0 Å². The fraction of sp³-hybridized carbons (Fsp3) is 0.190. The predicted octanol–water partition coefficient (Wildman–Crippen LogP) is 10.2. The Morgan fingerprint density at radius 1 is 0.870 bits per heavy atom. The lowest BCUT2D eigenvalue weighted by Crippen LogP contribution is -2.34. The molecule has 4 nitrogen and oxygen atoms in total. The molecular weight excluding hydrogens is 564 g/mol. The van der Waals surface area contributed by atoms with E-state index in [0.29, 0.717) is 0 Å². The third kappa shape index (κ3) is 5.56. The van der Waals surface area contributed by atoms with E-state index < -0.39 is 5.41 Å². The smallest absolute Gasteiger partial charge is 0.270 e. The van der Waals surface area contributed by atoms with Crippen molar-refractivity contribution in [2.24, 2.45) is 0 Å². The van der Waals surface area contributed by atoms with Gasteiger partial charge in [-0.15, -0.1) is 0 Å². The number of likely N-dealkylation sites (N-methyl/N-ethyl adjacent to an activating group) is 1. The maximum Gasteiger partial charge on any atom is 0.270 e. The highest BCUT2D eigenvalue weighted by molar-refractivity contribution is 5.90. The van der Waals surface area contributed by atoms with Gasteiger partial charge in [-0.3, -0.25) is 10.1 Å². The summed E-state index contributed by atoms with van der Waals surface area (Å²) in [6.45, 7) is 10.9. The first-order chi connectivity index (χ1) is 22.1. The number of non-ortho nitro benzene ring substituents is 1. The molecular formula is C42H40N2O2. The summed E-state index contributed by atoms with van der Waals surface area (Å²) in [5, 5.41) is 13.5. The molecule has 46 heavy (non-hydrogen) atoms. The second kappa shape index (κ2) is 12.3. The van der Waals surface area contributed by atoms with Gasteiger partial charge in [0.15, 0.2) is 0 Å². The molecule has 5 aromatic rings. The first-order valence-electron chi connectivity index (χ1n) is 15.8. The highest BCUT2D eigenvalue weighted by Crippen LogP contribution is 2.51. The van der Waals surface area contributed by atoms with E-state index in [2.05, 4.69) is 149 Å². The minimum Gasteiger partial charge on any atom is -0.347 e. The van der Waals surface area contributed by atoms with Crippen LogP contribution in [-0.4, -0.2) is 12.0 Å². The standard InChI is InChI=1S/C42H40N2O2/c1-30-23-24-34-25-26-35(44(45)46)27-36(34)40(30)41(3,4)31(2)15-14-22-39-42(28-32-16-8-6-9-17-32,29-33-18-10-7-11-19-33)37-20-12-13-21-38(37)43(39)5/h6-27H,2,28-29H2,1,3-5H3/b15-14+,39-22+. The minimum atomic E-state index is -0.469. The van der Waals surface area contributed by atoms with Gasteiger partial charge in [0.25, 0.3) is 5.69 Å². The van der Waals surface area contributed by atoms with Gasteiger partial charge in [0.2, 0.25) is 0 Å². The molecule has 0 spiro atoms. The van der Waals surface area contributed by atoms with E-state index in [9.17, 15) is 10.1 Å². The maximum absolute atomic E-state index is 11.6. The third-order valence-corrected chi connectivity index (χ3v) is 9.73. The van der Waals surface area contributed by atoms with Crippen LogP contribution in [0.25, 0.3) is 10.8 Å². The molecule has 1 heterocycles. The molecule has 0 amide bonds. The fourth-order valence-corrected chi connectivity index (χ4v) is 7.34. The van der Waals surface area contributed by atoms with Gasteiger partial charge in [-0.1, -0.05) is 124 Å². The molecule has 6 rings (SSSR count).